The van der Waals surface area contributed by atoms with E-state index in [1.807, 2.05) is 0 Å². The molecular weight excluding hydrogens is 408 g/mol. The molecule has 0 saturated heterocycles. The average Bonchev–Trinajstić information content (AvgIpc) is 2.91. The maximum absolute atomic E-state index is 2.43. The summed E-state index contributed by atoms with van der Waals surface area (Å²) in [5.41, 5.74) is 8.02. The number of hydrogen-bond donors (Lipinski definition) is 0. The molecule has 0 heterocycles. The lowest BCUT2D eigenvalue weighted by Crippen LogP contribution is -2.06. The number of hydrogen-bond acceptors (Lipinski definition) is 0. The van der Waals surface area contributed by atoms with Gasteiger partial charge in [-0.05, 0) is 74.7 Å². The van der Waals surface area contributed by atoms with E-state index in [9.17, 15) is 0 Å². The van der Waals surface area contributed by atoms with Gasteiger partial charge in [0.25, 0.3) is 0 Å². The van der Waals surface area contributed by atoms with Crippen LogP contribution < -0.4 is 0 Å². The molecule has 6 rings (SSSR count). The first-order valence-corrected chi connectivity index (χ1v) is 12.2. The van der Waals surface area contributed by atoms with Crippen LogP contribution in [0, 0.1) is 6.92 Å². The Bertz CT molecular complexity index is 1560. The van der Waals surface area contributed by atoms with E-state index >= 15 is 0 Å². The Hall–Kier alpha value is -3.90. The fraction of sp³-hybridized carbons (Fsp3) is 0.118. The van der Waals surface area contributed by atoms with E-state index in [0.29, 0.717) is 0 Å². The van der Waals surface area contributed by atoms with Crippen molar-refractivity contribution in [3.05, 3.63) is 144 Å². The Morgan fingerprint density at radius 3 is 2.26 bits per heavy atom. The number of rotatable bonds is 4. The first kappa shape index (κ1) is 20.7. The van der Waals surface area contributed by atoms with Crippen molar-refractivity contribution in [2.24, 2.45) is 0 Å². The number of aryl methyl sites for hydroxylation is 1. The summed E-state index contributed by atoms with van der Waals surface area (Å²) >= 11 is 0. The largest absolute Gasteiger partial charge is 0.0839 e. The van der Waals surface area contributed by atoms with Crippen molar-refractivity contribution in [3.8, 4) is 11.1 Å². The van der Waals surface area contributed by atoms with Crippen molar-refractivity contribution >= 4 is 21.5 Å². The Morgan fingerprint density at radius 1 is 0.647 bits per heavy atom. The molecule has 0 radical (unpaired) electrons. The van der Waals surface area contributed by atoms with Gasteiger partial charge >= 0.3 is 0 Å². The van der Waals surface area contributed by atoms with Crippen LogP contribution in [-0.4, -0.2) is 0 Å². The Labute approximate surface area is 201 Å². The second kappa shape index (κ2) is 8.80. The lowest BCUT2D eigenvalue weighted by molar-refractivity contribution is 0.927. The molecule has 164 valence electrons. The number of benzene rings is 5. The summed E-state index contributed by atoms with van der Waals surface area (Å²) in [5.74, 6) is 0.206. The van der Waals surface area contributed by atoms with Gasteiger partial charge in [-0.3, -0.25) is 0 Å². The predicted octanol–water partition coefficient (Wildman–Crippen LogP) is 9.38. The number of allylic oxidation sites excluding steroid dienone is 4. The van der Waals surface area contributed by atoms with Crippen LogP contribution in [-0.2, 0) is 0 Å². The lowest BCUT2D eigenvalue weighted by atomic mass is 9.79. The van der Waals surface area contributed by atoms with E-state index in [1.54, 1.807) is 0 Å². The second-order valence-electron chi connectivity index (χ2n) is 9.29. The normalized spacial score (nSPS) is 14.3. The molecule has 0 spiro atoms. The average molecular weight is 437 g/mol. The van der Waals surface area contributed by atoms with Crippen LogP contribution >= 0.6 is 0 Å². The van der Waals surface area contributed by atoms with Gasteiger partial charge in [-0.1, -0.05) is 121 Å². The minimum Gasteiger partial charge on any atom is -0.0839 e. The van der Waals surface area contributed by atoms with Gasteiger partial charge in [0.1, 0.15) is 0 Å². The van der Waals surface area contributed by atoms with Gasteiger partial charge in [0, 0.05) is 5.92 Å². The topological polar surface area (TPSA) is 0 Å². The molecule has 0 amide bonds. The minimum absolute atomic E-state index is 0.206. The van der Waals surface area contributed by atoms with Crippen molar-refractivity contribution in [2.45, 2.75) is 25.7 Å². The van der Waals surface area contributed by atoms with Crippen LogP contribution in [0.3, 0.4) is 0 Å². The molecule has 5 aromatic rings. The molecule has 0 heteroatoms. The van der Waals surface area contributed by atoms with Gasteiger partial charge in [-0.2, -0.15) is 0 Å². The van der Waals surface area contributed by atoms with Gasteiger partial charge in [0.2, 0.25) is 0 Å². The standard InChI is InChI=1S/C34H28/c1-24-21-22-33(32-19-8-7-17-29(24)32)34(26-12-3-2-4-13-26)28-16-9-15-27(23-28)31-20-10-14-25-11-5-6-18-30(25)31/h3,5-23,34H,2,4H2,1H3. The Morgan fingerprint density at radius 2 is 1.41 bits per heavy atom. The summed E-state index contributed by atoms with van der Waals surface area (Å²) in [6.07, 6.45) is 9.33. The first-order valence-electron chi connectivity index (χ1n) is 12.2. The van der Waals surface area contributed by atoms with Gasteiger partial charge in [-0.25, -0.2) is 0 Å². The van der Waals surface area contributed by atoms with Gasteiger partial charge in [0.05, 0.1) is 0 Å². The zero-order chi connectivity index (χ0) is 22.9. The van der Waals surface area contributed by atoms with Gasteiger partial charge < -0.3 is 0 Å². The third kappa shape index (κ3) is 3.66. The maximum atomic E-state index is 2.43. The van der Waals surface area contributed by atoms with E-state index in [-0.39, 0.29) is 5.92 Å². The summed E-state index contributed by atoms with van der Waals surface area (Å²) in [6, 6.07) is 38.0. The smallest absolute Gasteiger partial charge is 0.0343 e. The molecule has 5 aromatic carbocycles. The van der Waals surface area contributed by atoms with Crippen molar-refractivity contribution in [1.82, 2.24) is 0 Å². The van der Waals surface area contributed by atoms with Crippen LogP contribution in [0.1, 0.15) is 35.4 Å². The van der Waals surface area contributed by atoms with Crippen LogP contribution in [0.15, 0.2) is 127 Å². The molecule has 1 aliphatic carbocycles. The van der Waals surface area contributed by atoms with E-state index in [4.69, 9.17) is 0 Å². The molecule has 0 saturated carbocycles. The molecule has 0 nitrogen and oxygen atoms in total. The fourth-order valence-corrected chi connectivity index (χ4v) is 5.49. The molecule has 1 atom stereocenters. The quantitative estimate of drug-likeness (QED) is 0.263. The first-order chi connectivity index (χ1) is 16.8. The Kier molecular flexibility index (Phi) is 5.35. The van der Waals surface area contributed by atoms with Crippen molar-refractivity contribution in [3.63, 3.8) is 0 Å². The summed E-state index contributed by atoms with van der Waals surface area (Å²) in [4.78, 5) is 0. The van der Waals surface area contributed by atoms with Crippen molar-refractivity contribution < 1.29 is 0 Å². The van der Waals surface area contributed by atoms with E-state index < -0.39 is 0 Å². The molecule has 0 aromatic heterocycles. The van der Waals surface area contributed by atoms with Crippen molar-refractivity contribution in [2.75, 3.05) is 0 Å². The fourth-order valence-electron chi connectivity index (χ4n) is 5.49. The molecular formula is C34H28. The predicted molar refractivity (Wildman–Crippen MR) is 146 cm³/mol. The minimum atomic E-state index is 0.206. The SMILES string of the molecule is Cc1ccc(C(C2=CCCC=C2)c2cccc(-c3cccc4ccccc34)c2)c2ccccc12. The number of fused-ring (bicyclic) bond motifs is 2. The van der Waals surface area contributed by atoms with E-state index in [2.05, 4.69) is 128 Å². The lowest BCUT2D eigenvalue weighted by Gasteiger charge is -2.24. The molecule has 0 fully saturated rings. The summed E-state index contributed by atoms with van der Waals surface area (Å²) in [5, 5.41) is 5.28. The zero-order valence-electron chi connectivity index (χ0n) is 19.5. The molecule has 34 heavy (non-hydrogen) atoms. The third-order valence-electron chi connectivity index (χ3n) is 7.16. The molecule has 0 bridgehead atoms. The molecule has 0 N–H and O–H groups in total. The monoisotopic (exact) mass is 436 g/mol. The summed E-state index contributed by atoms with van der Waals surface area (Å²) < 4.78 is 0. The Balaban J connectivity index is 1.57. The highest BCUT2D eigenvalue weighted by atomic mass is 14.2. The summed E-state index contributed by atoms with van der Waals surface area (Å²) in [6.45, 7) is 2.21. The van der Waals surface area contributed by atoms with E-state index in [1.165, 1.54) is 54.9 Å². The molecule has 0 aliphatic heterocycles. The van der Waals surface area contributed by atoms with Crippen LogP contribution in [0.5, 0.6) is 0 Å². The molecule has 1 aliphatic rings. The highest BCUT2D eigenvalue weighted by Crippen LogP contribution is 2.40. The van der Waals surface area contributed by atoms with Crippen LogP contribution in [0.2, 0.25) is 0 Å². The highest BCUT2D eigenvalue weighted by molar-refractivity contribution is 5.97. The van der Waals surface area contributed by atoms with Gasteiger partial charge in [0.15, 0.2) is 0 Å². The van der Waals surface area contributed by atoms with Gasteiger partial charge in [-0.15, -0.1) is 0 Å². The maximum Gasteiger partial charge on any atom is 0.0343 e. The summed E-state index contributed by atoms with van der Waals surface area (Å²) in [7, 11) is 0. The second-order valence-corrected chi connectivity index (χ2v) is 9.29. The molecule has 1 unspecified atom stereocenters. The zero-order valence-corrected chi connectivity index (χ0v) is 19.5. The van der Waals surface area contributed by atoms with Crippen molar-refractivity contribution in [1.29, 1.82) is 0 Å². The third-order valence-corrected chi connectivity index (χ3v) is 7.16. The highest BCUT2D eigenvalue weighted by Gasteiger charge is 2.22. The van der Waals surface area contributed by atoms with Crippen LogP contribution in [0.25, 0.3) is 32.7 Å². The van der Waals surface area contributed by atoms with Crippen LogP contribution in [0.4, 0.5) is 0 Å². The van der Waals surface area contributed by atoms with E-state index in [0.717, 1.165) is 12.8 Å².